The molecule has 0 bridgehead atoms. The van der Waals surface area contributed by atoms with E-state index in [2.05, 4.69) is 4.98 Å². The van der Waals surface area contributed by atoms with E-state index in [1.54, 1.807) is 18.2 Å². The molecule has 0 spiro atoms. The van der Waals surface area contributed by atoms with Gasteiger partial charge in [-0.25, -0.2) is 6.07 Å². The van der Waals surface area contributed by atoms with Gasteiger partial charge in [0.05, 0.1) is 5.49 Å². The summed E-state index contributed by atoms with van der Waals surface area (Å²) in [7, 11) is 0. The molecule has 0 unspecified atom stereocenters. The Labute approximate surface area is 63.3 Å². The summed E-state index contributed by atoms with van der Waals surface area (Å²) in [5, 5.41) is 6.94. The van der Waals surface area contributed by atoms with Crippen LogP contribution >= 0.6 is 0 Å². The minimum Gasteiger partial charge on any atom is -0.399 e. The molecule has 0 radical (unpaired) electrons. The Morgan fingerprint density at radius 3 is 2.67 bits per heavy atom. The van der Waals surface area contributed by atoms with Gasteiger partial charge in [0.2, 0.25) is 0 Å². The molecule has 1 aromatic heterocycles. The van der Waals surface area contributed by atoms with Crippen molar-refractivity contribution in [3.63, 3.8) is 0 Å². The normalized spacial score (nSPS) is 8.00. The van der Waals surface area contributed by atoms with Crippen LogP contribution in [0.3, 0.4) is 0 Å². The summed E-state index contributed by atoms with van der Waals surface area (Å²) in [6, 6.07) is 4.93. The molecule has 1 heterocycles. The maximum atomic E-state index is 6.94. The van der Waals surface area contributed by atoms with Crippen LogP contribution in [0.1, 0.15) is 0 Å². The van der Waals surface area contributed by atoms with Gasteiger partial charge in [0.25, 0.3) is 0 Å². The van der Waals surface area contributed by atoms with Crippen molar-refractivity contribution in [1.29, 1.82) is 5.41 Å². The molecule has 0 saturated carbocycles. The molecular formula is C5H6FeN3-. The zero-order chi connectivity index (χ0) is 5.98. The van der Waals surface area contributed by atoms with Crippen molar-refractivity contribution in [2.24, 2.45) is 0 Å². The van der Waals surface area contributed by atoms with Crippen LogP contribution in [0.25, 0.3) is 0 Å². The van der Waals surface area contributed by atoms with Gasteiger partial charge in [-0.15, -0.1) is 0 Å². The number of aromatic nitrogens is 1. The molecule has 1 aromatic rings. The van der Waals surface area contributed by atoms with E-state index in [0.717, 1.165) is 0 Å². The molecule has 50 valence electrons. The SMILES string of the molecule is N=c1cc[cH-]c(N)n1.[Fe]. The van der Waals surface area contributed by atoms with Crippen LogP contribution in [-0.2, 0) is 17.1 Å². The molecule has 0 atom stereocenters. The predicted octanol–water partition coefficient (Wildman–Crippen LogP) is -0.140. The molecule has 1 rings (SSSR count). The summed E-state index contributed by atoms with van der Waals surface area (Å²) in [5.41, 5.74) is 5.44. The summed E-state index contributed by atoms with van der Waals surface area (Å²) in [6.07, 6.45) is 0. The van der Waals surface area contributed by atoms with Gasteiger partial charge in [-0.2, -0.15) is 12.1 Å². The maximum absolute atomic E-state index is 6.94. The third kappa shape index (κ3) is 2.35. The van der Waals surface area contributed by atoms with Crippen LogP contribution in [0.15, 0.2) is 18.2 Å². The Morgan fingerprint density at radius 2 is 2.33 bits per heavy atom. The van der Waals surface area contributed by atoms with E-state index in [1.165, 1.54) is 0 Å². The monoisotopic (exact) mass is 164 g/mol. The first-order valence-corrected chi connectivity index (χ1v) is 2.23. The smallest absolute Gasteiger partial charge is 0.0631 e. The van der Waals surface area contributed by atoms with Gasteiger partial charge in [0, 0.05) is 22.9 Å². The Morgan fingerprint density at radius 1 is 1.67 bits per heavy atom. The zero-order valence-electron chi connectivity index (χ0n) is 4.61. The van der Waals surface area contributed by atoms with Crippen molar-refractivity contribution in [3.8, 4) is 0 Å². The van der Waals surface area contributed by atoms with E-state index in [0.29, 0.717) is 5.82 Å². The molecule has 0 aliphatic heterocycles. The number of hydrogen-bond acceptors (Lipinski definition) is 3. The summed E-state index contributed by atoms with van der Waals surface area (Å²) in [6.45, 7) is 0. The molecule has 9 heavy (non-hydrogen) atoms. The summed E-state index contributed by atoms with van der Waals surface area (Å²) in [5.74, 6) is 0.400. The fourth-order valence-corrected chi connectivity index (χ4v) is 0.451. The van der Waals surface area contributed by atoms with Crippen molar-refractivity contribution >= 4 is 5.82 Å². The van der Waals surface area contributed by atoms with E-state index in [-0.39, 0.29) is 22.6 Å². The fourth-order valence-electron chi connectivity index (χ4n) is 0.451. The number of hydrogen-bond donors (Lipinski definition) is 2. The Kier molecular flexibility index (Phi) is 3.06. The molecule has 0 saturated heterocycles. The fraction of sp³-hybridized carbons (Fsp3) is 0. The average Bonchev–Trinajstić information content (AvgIpc) is 1.64. The number of nitrogens with one attached hydrogen (secondary N) is 1. The number of rotatable bonds is 0. The minimum atomic E-state index is 0. The van der Waals surface area contributed by atoms with Crippen molar-refractivity contribution in [2.45, 2.75) is 0 Å². The van der Waals surface area contributed by atoms with E-state index in [4.69, 9.17) is 11.1 Å². The van der Waals surface area contributed by atoms with Crippen LogP contribution in [0.2, 0.25) is 0 Å². The largest absolute Gasteiger partial charge is 0.399 e. The third-order valence-electron chi connectivity index (χ3n) is 0.771. The summed E-state index contributed by atoms with van der Waals surface area (Å²) in [4.78, 5) is 3.62. The summed E-state index contributed by atoms with van der Waals surface area (Å²) < 4.78 is 0. The number of anilines is 1. The van der Waals surface area contributed by atoms with Crippen molar-refractivity contribution < 1.29 is 17.1 Å². The quantitative estimate of drug-likeness (QED) is 0.414. The van der Waals surface area contributed by atoms with Crippen LogP contribution < -0.4 is 11.2 Å². The molecular weight excluding hydrogens is 158 g/mol. The van der Waals surface area contributed by atoms with Crippen LogP contribution in [0.4, 0.5) is 5.82 Å². The third-order valence-corrected chi connectivity index (χ3v) is 0.771. The second kappa shape index (κ2) is 3.33. The number of nitrogen functional groups attached to an aromatic ring is 1. The predicted molar refractivity (Wildman–Crippen MR) is 30.1 cm³/mol. The number of nitrogens with zero attached hydrogens (tertiary/aromatic N) is 1. The Bertz CT molecular complexity index is 230. The van der Waals surface area contributed by atoms with E-state index in [9.17, 15) is 0 Å². The molecule has 3 N–H and O–H groups in total. The van der Waals surface area contributed by atoms with Crippen LogP contribution in [0, 0.1) is 5.41 Å². The minimum absolute atomic E-state index is 0. The molecule has 4 heteroatoms. The van der Waals surface area contributed by atoms with Gasteiger partial charge in [0.15, 0.2) is 0 Å². The molecule has 0 fully saturated rings. The van der Waals surface area contributed by atoms with Crippen molar-refractivity contribution in [2.75, 3.05) is 5.73 Å². The zero-order valence-corrected chi connectivity index (χ0v) is 5.71. The van der Waals surface area contributed by atoms with Gasteiger partial charge in [-0.05, 0) is 0 Å². The molecule has 3 nitrogen and oxygen atoms in total. The topological polar surface area (TPSA) is 62.8 Å². The van der Waals surface area contributed by atoms with E-state index in [1.807, 2.05) is 0 Å². The Balaban J connectivity index is 0.000000640. The molecule has 0 aromatic carbocycles. The van der Waals surface area contributed by atoms with Gasteiger partial charge in [-0.1, -0.05) is 0 Å². The second-order valence-electron chi connectivity index (χ2n) is 1.45. The van der Waals surface area contributed by atoms with Gasteiger partial charge >= 0.3 is 0 Å². The second-order valence-corrected chi connectivity index (χ2v) is 1.45. The van der Waals surface area contributed by atoms with E-state index < -0.39 is 0 Å². The van der Waals surface area contributed by atoms with E-state index >= 15 is 0 Å². The van der Waals surface area contributed by atoms with Gasteiger partial charge in [0.1, 0.15) is 0 Å². The van der Waals surface area contributed by atoms with Crippen LogP contribution in [-0.4, -0.2) is 4.98 Å². The van der Waals surface area contributed by atoms with Gasteiger partial charge < -0.3 is 11.1 Å². The molecule has 0 amide bonds. The van der Waals surface area contributed by atoms with Crippen molar-refractivity contribution in [3.05, 3.63) is 23.7 Å². The average molecular weight is 164 g/mol. The van der Waals surface area contributed by atoms with Crippen molar-refractivity contribution in [1.82, 2.24) is 4.98 Å². The number of nitrogens with two attached hydrogens (primary N) is 1. The first-order chi connectivity index (χ1) is 3.79. The van der Waals surface area contributed by atoms with Gasteiger partial charge in [-0.3, -0.25) is 4.98 Å². The first kappa shape index (κ1) is 8.27. The van der Waals surface area contributed by atoms with Crippen LogP contribution in [0.5, 0.6) is 0 Å². The first-order valence-electron chi connectivity index (χ1n) is 2.23. The number of pyridine rings is 1. The standard InChI is InChI=1S/C5H6N3.Fe/c6-4-2-1-3-5(7)8-4;/h1-3H,(H3,6,7,8);/q-1;. The maximum Gasteiger partial charge on any atom is 0.0631 e. The molecule has 0 aliphatic rings. The molecule has 0 aliphatic carbocycles. The Hall–Kier alpha value is -0.731. The summed E-state index contributed by atoms with van der Waals surface area (Å²) >= 11 is 0.